The van der Waals surface area contributed by atoms with Gasteiger partial charge in [0.25, 0.3) is 0 Å². The normalized spacial score (nSPS) is 11.4. The van der Waals surface area contributed by atoms with Crippen LogP contribution in [0.2, 0.25) is 0 Å². The Balaban J connectivity index is 1.38. The second-order valence-electron chi connectivity index (χ2n) is 8.77. The van der Waals surface area contributed by atoms with E-state index in [1.807, 2.05) is 72.8 Å². The van der Waals surface area contributed by atoms with Crippen LogP contribution in [0.4, 0.5) is 0 Å². The van der Waals surface area contributed by atoms with Crippen LogP contribution in [0.5, 0.6) is 17.2 Å². The van der Waals surface area contributed by atoms with Crippen LogP contribution >= 0.6 is 0 Å². The Bertz CT molecular complexity index is 1790. The van der Waals surface area contributed by atoms with Crippen LogP contribution in [0.25, 0.3) is 39.2 Å². The molecule has 6 rings (SSSR count). The minimum atomic E-state index is 0.0802. The molecule has 0 radical (unpaired) electrons. The van der Waals surface area contributed by atoms with Gasteiger partial charge in [-0.25, -0.2) is 14.5 Å². The summed E-state index contributed by atoms with van der Waals surface area (Å²) in [6.07, 6.45) is 3.20. The third-order valence-electron chi connectivity index (χ3n) is 6.39. The van der Waals surface area contributed by atoms with Crippen molar-refractivity contribution in [2.24, 2.45) is 5.16 Å². The Morgan fingerprint density at radius 2 is 1.40 bits per heavy atom. The molecule has 0 atom stereocenters. The van der Waals surface area contributed by atoms with E-state index >= 15 is 0 Å². The molecule has 3 aromatic carbocycles. The highest BCUT2D eigenvalue weighted by Crippen LogP contribution is 2.42. The molecule has 40 heavy (non-hydrogen) atoms. The highest BCUT2D eigenvalue weighted by atomic mass is 16.6. The summed E-state index contributed by atoms with van der Waals surface area (Å²) in [5.41, 5.74) is 4.56. The van der Waals surface area contributed by atoms with Gasteiger partial charge in [-0.3, -0.25) is 0 Å². The predicted octanol–water partition coefficient (Wildman–Crippen LogP) is 5.78. The predicted molar refractivity (Wildman–Crippen MR) is 150 cm³/mol. The summed E-state index contributed by atoms with van der Waals surface area (Å²) in [7, 11) is 4.90. The number of benzene rings is 3. The first-order valence-electron chi connectivity index (χ1n) is 12.4. The second-order valence-corrected chi connectivity index (χ2v) is 8.77. The number of oxime groups is 1. The maximum Gasteiger partial charge on any atom is 0.232 e. The van der Waals surface area contributed by atoms with Gasteiger partial charge in [-0.15, -0.1) is 5.10 Å². The van der Waals surface area contributed by atoms with Crippen molar-refractivity contribution >= 4 is 23.0 Å². The first kappa shape index (κ1) is 24.9. The van der Waals surface area contributed by atoms with Gasteiger partial charge in [-0.1, -0.05) is 17.3 Å². The molecule has 0 aliphatic carbocycles. The Kier molecular flexibility index (Phi) is 6.72. The van der Waals surface area contributed by atoms with E-state index in [4.69, 9.17) is 28.4 Å². The van der Waals surface area contributed by atoms with E-state index in [1.54, 1.807) is 38.4 Å². The van der Waals surface area contributed by atoms with Gasteiger partial charge < -0.3 is 23.5 Å². The standard InChI is InChI=1S/C30H25N5O5/c1-36-22-10-4-19(5-11-22)16-32-39-17-25-33-29-27-26(20-6-12-23(37-2)13-7-20)28(21-8-14-24(38-3)15-9-21)40-30(27)31-18-35(29)34-25/h4-16,18H,17H2,1-3H3/b32-16-. The summed E-state index contributed by atoms with van der Waals surface area (Å²) in [4.78, 5) is 14.8. The molecule has 6 aromatic rings. The molecule has 10 nitrogen and oxygen atoms in total. The zero-order valence-electron chi connectivity index (χ0n) is 22.1. The molecular formula is C30H25N5O5. The third kappa shape index (κ3) is 4.78. The van der Waals surface area contributed by atoms with E-state index in [9.17, 15) is 0 Å². The smallest absolute Gasteiger partial charge is 0.232 e. The second kappa shape index (κ2) is 10.8. The molecule has 3 heterocycles. The van der Waals surface area contributed by atoms with Gasteiger partial charge >= 0.3 is 0 Å². The Hall–Kier alpha value is -5.38. The number of rotatable bonds is 9. The summed E-state index contributed by atoms with van der Waals surface area (Å²) >= 11 is 0. The number of aromatic nitrogens is 4. The molecule has 0 saturated heterocycles. The number of furan rings is 1. The van der Waals surface area contributed by atoms with Crippen LogP contribution in [-0.2, 0) is 11.4 Å². The molecule has 0 amide bonds. The first-order valence-corrected chi connectivity index (χ1v) is 12.4. The maximum absolute atomic E-state index is 6.32. The molecule has 0 fully saturated rings. The fourth-order valence-corrected chi connectivity index (χ4v) is 4.37. The Morgan fingerprint density at radius 1 is 0.800 bits per heavy atom. The quantitative estimate of drug-likeness (QED) is 0.169. The lowest BCUT2D eigenvalue weighted by molar-refractivity contribution is 0.126. The largest absolute Gasteiger partial charge is 0.497 e. The molecule has 0 unspecified atom stereocenters. The van der Waals surface area contributed by atoms with Crippen molar-refractivity contribution in [2.45, 2.75) is 6.61 Å². The third-order valence-corrected chi connectivity index (χ3v) is 6.39. The van der Waals surface area contributed by atoms with Crippen LogP contribution in [0.15, 0.2) is 88.7 Å². The number of hydrogen-bond donors (Lipinski definition) is 0. The van der Waals surface area contributed by atoms with Gasteiger partial charge in [0.15, 0.2) is 18.1 Å². The first-order chi connectivity index (χ1) is 19.7. The zero-order chi connectivity index (χ0) is 27.5. The van der Waals surface area contributed by atoms with E-state index in [-0.39, 0.29) is 6.61 Å². The lowest BCUT2D eigenvalue weighted by Gasteiger charge is -2.06. The SMILES string of the molecule is COc1ccc(/C=N\OCc2nc3c4c(-c5ccc(OC)cc5)c(-c5ccc(OC)cc5)oc4ncn3n2)cc1. The summed E-state index contributed by atoms with van der Waals surface area (Å²) in [5, 5.41) is 9.33. The van der Waals surface area contributed by atoms with E-state index in [1.165, 1.54) is 0 Å². The molecule has 10 heteroatoms. The molecule has 0 spiro atoms. The van der Waals surface area contributed by atoms with Gasteiger partial charge in [0, 0.05) is 11.1 Å². The lowest BCUT2D eigenvalue weighted by Crippen LogP contribution is -1.93. The van der Waals surface area contributed by atoms with E-state index < -0.39 is 0 Å². The van der Waals surface area contributed by atoms with Crippen molar-refractivity contribution in [3.8, 4) is 39.7 Å². The van der Waals surface area contributed by atoms with Crippen molar-refractivity contribution < 1.29 is 23.5 Å². The topological polar surface area (TPSA) is 106 Å². The number of methoxy groups -OCH3 is 3. The van der Waals surface area contributed by atoms with Gasteiger partial charge in [0.2, 0.25) is 5.71 Å². The average molecular weight is 536 g/mol. The average Bonchev–Trinajstić information content (AvgIpc) is 3.61. The van der Waals surface area contributed by atoms with Gasteiger partial charge in [-0.2, -0.15) is 0 Å². The molecule has 0 aliphatic rings. The number of hydrogen-bond acceptors (Lipinski definition) is 9. The van der Waals surface area contributed by atoms with Crippen LogP contribution in [0.1, 0.15) is 11.4 Å². The summed E-state index contributed by atoms with van der Waals surface area (Å²) in [5.74, 6) is 3.39. The Labute approximate surface area is 229 Å². The van der Waals surface area contributed by atoms with E-state index in [0.717, 1.165) is 44.9 Å². The fourth-order valence-electron chi connectivity index (χ4n) is 4.37. The van der Waals surface area contributed by atoms with Gasteiger partial charge in [0.05, 0.1) is 32.9 Å². The van der Waals surface area contributed by atoms with Crippen molar-refractivity contribution in [3.63, 3.8) is 0 Å². The lowest BCUT2D eigenvalue weighted by atomic mass is 9.99. The monoisotopic (exact) mass is 535 g/mol. The number of fused-ring (bicyclic) bond motifs is 3. The molecule has 0 N–H and O–H groups in total. The van der Waals surface area contributed by atoms with Crippen molar-refractivity contribution in [2.75, 3.05) is 21.3 Å². The van der Waals surface area contributed by atoms with Crippen molar-refractivity contribution in [1.29, 1.82) is 0 Å². The highest BCUT2D eigenvalue weighted by molar-refractivity contribution is 6.07. The van der Waals surface area contributed by atoms with Crippen LogP contribution < -0.4 is 14.2 Å². The zero-order valence-corrected chi connectivity index (χ0v) is 22.1. The summed E-state index contributed by atoms with van der Waals surface area (Å²) in [6.45, 7) is 0.0802. The minimum Gasteiger partial charge on any atom is -0.497 e. The minimum absolute atomic E-state index is 0.0802. The molecule has 0 saturated carbocycles. The van der Waals surface area contributed by atoms with Gasteiger partial charge in [0.1, 0.15) is 29.3 Å². The number of ether oxygens (including phenoxy) is 3. The molecule has 0 aliphatic heterocycles. The molecular weight excluding hydrogens is 510 g/mol. The Morgan fingerprint density at radius 3 is 2.02 bits per heavy atom. The molecule has 3 aromatic heterocycles. The van der Waals surface area contributed by atoms with Crippen molar-refractivity contribution in [1.82, 2.24) is 19.6 Å². The fraction of sp³-hybridized carbons (Fsp3) is 0.133. The molecule has 200 valence electrons. The summed E-state index contributed by atoms with van der Waals surface area (Å²) in [6, 6.07) is 22.9. The van der Waals surface area contributed by atoms with Gasteiger partial charge in [-0.05, 0) is 71.8 Å². The molecule has 0 bridgehead atoms. The van der Waals surface area contributed by atoms with E-state index in [0.29, 0.717) is 22.9 Å². The van der Waals surface area contributed by atoms with E-state index in [2.05, 4.69) is 15.2 Å². The number of nitrogens with zero attached hydrogens (tertiary/aromatic N) is 5. The van der Waals surface area contributed by atoms with Crippen LogP contribution in [-0.4, -0.2) is 47.1 Å². The summed E-state index contributed by atoms with van der Waals surface area (Å²) < 4.78 is 23.8. The van der Waals surface area contributed by atoms with Crippen LogP contribution in [0.3, 0.4) is 0 Å². The van der Waals surface area contributed by atoms with Crippen molar-refractivity contribution in [3.05, 3.63) is 90.5 Å². The van der Waals surface area contributed by atoms with Crippen LogP contribution in [0, 0.1) is 0 Å². The highest BCUT2D eigenvalue weighted by Gasteiger charge is 2.23. The maximum atomic E-state index is 6.32.